The lowest BCUT2D eigenvalue weighted by Crippen LogP contribution is -2.15. The van der Waals surface area contributed by atoms with E-state index in [1.807, 2.05) is 42.5 Å². The van der Waals surface area contributed by atoms with Crippen molar-refractivity contribution in [3.05, 3.63) is 91.0 Å². The van der Waals surface area contributed by atoms with Gasteiger partial charge in [-0.2, -0.15) is 0 Å². The molecule has 1 heterocycles. The quantitative estimate of drug-likeness (QED) is 0.286. The second-order valence-electron chi connectivity index (χ2n) is 6.88. The highest BCUT2D eigenvalue weighted by molar-refractivity contribution is 7.99. The van der Waals surface area contributed by atoms with Gasteiger partial charge in [-0.25, -0.2) is 4.39 Å². The topological polar surface area (TPSA) is 69.0 Å². The lowest BCUT2D eigenvalue weighted by molar-refractivity contribution is -0.113. The van der Waals surface area contributed by atoms with Gasteiger partial charge >= 0.3 is 0 Å². The van der Waals surface area contributed by atoms with E-state index in [9.17, 15) is 9.18 Å². The van der Waals surface area contributed by atoms with E-state index >= 15 is 0 Å². The number of benzene rings is 3. The Morgan fingerprint density at radius 1 is 1.09 bits per heavy atom. The number of nitrogens with one attached hydrogen (secondary N) is 1. The van der Waals surface area contributed by atoms with E-state index in [-0.39, 0.29) is 24.0 Å². The summed E-state index contributed by atoms with van der Waals surface area (Å²) in [4.78, 5) is 12.6. The Morgan fingerprint density at radius 3 is 2.72 bits per heavy atom. The monoisotopic (exact) mass is 448 g/mol. The van der Waals surface area contributed by atoms with Crippen molar-refractivity contribution < 1.29 is 13.9 Å². The van der Waals surface area contributed by atoms with E-state index in [1.165, 1.54) is 17.8 Å². The predicted octanol–water partition coefficient (Wildman–Crippen LogP) is 5.07. The second-order valence-corrected chi connectivity index (χ2v) is 7.82. The number of carbonyl (C=O) groups is 1. The number of para-hydroxylation sites is 1. The molecule has 0 bridgehead atoms. The largest absolute Gasteiger partial charge is 0.483 e. The average molecular weight is 449 g/mol. The summed E-state index contributed by atoms with van der Waals surface area (Å²) in [6.07, 6.45) is 1.70. The van der Waals surface area contributed by atoms with Crippen LogP contribution in [0.15, 0.2) is 84.5 Å². The number of ether oxygens (including phenoxy) is 1. The molecule has 32 heavy (non-hydrogen) atoms. The molecule has 6 nitrogen and oxygen atoms in total. The third-order valence-electron chi connectivity index (χ3n) is 4.69. The highest BCUT2D eigenvalue weighted by Crippen LogP contribution is 2.24. The highest BCUT2D eigenvalue weighted by Gasteiger charge is 2.15. The maximum atomic E-state index is 13.8. The molecule has 0 spiro atoms. The van der Waals surface area contributed by atoms with Crippen LogP contribution in [-0.2, 0) is 17.9 Å². The number of aromatic nitrogens is 3. The summed E-state index contributed by atoms with van der Waals surface area (Å²) >= 11 is 1.27. The van der Waals surface area contributed by atoms with E-state index in [2.05, 4.69) is 22.1 Å². The van der Waals surface area contributed by atoms with Gasteiger partial charge in [0.25, 0.3) is 0 Å². The minimum Gasteiger partial charge on any atom is -0.483 e. The standard InChI is InChI=1S/C24H21FN4O2S/c1-2-14-29-22(15-31-21-13-6-5-11-19(21)25)27-28-24(29)32-16-23(30)26-20-12-7-9-17-8-3-4-10-18(17)20/h2-13H,1,14-16H2,(H,26,30). The van der Waals surface area contributed by atoms with Crippen LogP contribution in [0.4, 0.5) is 10.1 Å². The number of halogens is 1. The van der Waals surface area contributed by atoms with Crippen LogP contribution in [0.5, 0.6) is 5.75 Å². The fourth-order valence-corrected chi connectivity index (χ4v) is 3.97. The molecule has 0 aliphatic rings. The zero-order valence-corrected chi connectivity index (χ0v) is 18.0. The number of hydrogen-bond acceptors (Lipinski definition) is 5. The SMILES string of the molecule is C=CCn1c(COc2ccccc2F)nnc1SCC(=O)Nc1cccc2ccccc12. The summed E-state index contributed by atoms with van der Waals surface area (Å²) < 4.78 is 21.1. The Labute approximate surface area is 189 Å². The van der Waals surface area contributed by atoms with Crippen LogP contribution in [0.3, 0.4) is 0 Å². The van der Waals surface area contributed by atoms with E-state index in [1.54, 1.807) is 28.8 Å². The molecule has 162 valence electrons. The van der Waals surface area contributed by atoms with Crippen molar-refractivity contribution in [3.8, 4) is 5.75 Å². The summed E-state index contributed by atoms with van der Waals surface area (Å²) in [5, 5.41) is 13.9. The maximum Gasteiger partial charge on any atom is 0.234 e. The summed E-state index contributed by atoms with van der Waals surface area (Å²) in [7, 11) is 0. The van der Waals surface area contributed by atoms with Gasteiger partial charge in [-0.05, 0) is 23.6 Å². The van der Waals surface area contributed by atoms with Crippen LogP contribution in [0.2, 0.25) is 0 Å². The normalized spacial score (nSPS) is 10.8. The van der Waals surface area contributed by atoms with Gasteiger partial charge in [-0.15, -0.1) is 16.8 Å². The first-order chi connectivity index (χ1) is 15.7. The number of allylic oxidation sites excluding steroid dienone is 1. The smallest absolute Gasteiger partial charge is 0.234 e. The summed E-state index contributed by atoms with van der Waals surface area (Å²) in [6, 6.07) is 19.8. The molecule has 1 amide bonds. The van der Waals surface area contributed by atoms with Crippen molar-refractivity contribution in [2.75, 3.05) is 11.1 Å². The number of hydrogen-bond donors (Lipinski definition) is 1. The van der Waals surface area contributed by atoms with Crippen molar-refractivity contribution in [1.29, 1.82) is 0 Å². The molecule has 8 heteroatoms. The number of anilines is 1. The van der Waals surface area contributed by atoms with Crippen LogP contribution in [0.25, 0.3) is 10.8 Å². The molecule has 0 fully saturated rings. The number of rotatable bonds is 9. The first-order valence-electron chi connectivity index (χ1n) is 9.96. The van der Waals surface area contributed by atoms with E-state index in [4.69, 9.17) is 4.74 Å². The summed E-state index contributed by atoms with van der Waals surface area (Å²) in [6.45, 7) is 4.25. The first kappa shape index (κ1) is 21.6. The Morgan fingerprint density at radius 2 is 1.88 bits per heavy atom. The van der Waals surface area contributed by atoms with Crippen molar-refractivity contribution >= 4 is 34.1 Å². The molecule has 0 aliphatic carbocycles. The van der Waals surface area contributed by atoms with Gasteiger partial charge in [0.05, 0.1) is 5.75 Å². The van der Waals surface area contributed by atoms with Crippen LogP contribution in [0, 0.1) is 5.82 Å². The Kier molecular flexibility index (Phi) is 6.81. The summed E-state index contributed by atoms with van der Waals surface area (Å²) in [5.74, 6) is 0.229. The predicted molar refractivity (Wildman–Crippen MR) is 124 cm³/mol. The van der Waals surface area contributed by atoms with Gasteiger partial charge in [0, 0.05) is 17.6 Å². The molecule has 0 aliphatic heterocycles. The molecule has 0 saturated heterocycles. The molecule has 0 unspecified atom stereocenters. The van der Waals surface area contributed by atoms with Gasteiger partial charge < -0.3 is 10.1 Å². The van der Waals surface area contributed by atoms with E-state index < -0.39 is 5.82 Å². The van der Waals surface area contributed by atoms with Crippen LogP contribution in [-0.4, -0.2) is 26.4 Å². The van der Waals surface area contributed by atoms with Crippen molar-refractivity contribution in [2.45, 2.75) is 18.3 Å². The molecule has 0 saturated carbocycles. The number of nitrogens with zero attached hydrogens (tertiary/aromatic N) is 3. The molecule has 0 atom stereocenters. The average Bonchev–Trinajstić information content (AvgIpc) is 3.19. The minimum atomic E-state index is -0.443. The zero-order valence-electron chi connectivity index (χ0n) is 17.2. The van der Waals surface area contributed by atoms with E-state index in [0.29, 0.717) is 17.5 Å². The summed E-state index contributed by atoms with van der Waals surface area (Å²) in [5.41, 5.74) is 0.764. The fourth-order valence-electron chi connectivity index (χ4n) is 3.20. The molecular weight excluding hydrogens is 427 g/mol. The number of fused-ring (bicyclic) bond motifs is 1. The lowest BCUT2D eigenvalue weighted by Gasteiger charge is -2.10. The molecule has 4 rings (SSSR count). The van der Waals surface area contributed by atoms with E-state index in [0.717, 1.165) is 16.5 Å². The third-order valence-corrected chi connectivity index (χ3v) is 5.66. The number of carbonyl (C=O) groups excluding carboxylic acids is 1. The van der Waals surface area contributed by atoms with Crippen LogP contribution < -0.4 is 10.1 Å². The lowest BCUT2D eigenvalue weighted by atomic mass is 10.1. The van der Waals surface area contributed by atoms with Crippen molar-refractivity contribution in [2.24, 2.45) is 0 Å². The molecule has 4 aromatic rings. The van der Waals surface area contributed by atoms with Gasteiger partial charge in [0.15, 0.2) is 22.5 Å². The zero-order chi connectivity index (χ0) is 22.3. The molecular formula is C24H21FN4O2S. The van der Waals surface area contributed by atoms with Crippen molar-refractivity contribution in [1.82, 2.24) is 14.8 Å². The molecule has 3 aromatic carbocycles. The molecule has 0 radical (unpaired) electrons. The maximum absolute atomic E-state index is 13.8. The number of thioether (sulfide) groups is 1. The van der Waals surface area contributed by atoms with Crippen LogP contribution >= 0.6 is 11.8 Å². The van der Waals surface area contributed by atoms with Gasteiger partial charge in [-0.3, -0.25) is 9.36 Å². The third kappa shape index (κ3) is 4.97. The Hall–Kier alpha value is -3.65. The Balaban J connectivity index is 1.42. The van der Waals surface area contributed by atoms with Gasteiger partial charge in [0.2, 0.25) is 5.91 Å². The van der Waals surface area contributed by atoms with Crippen LogP contribution in [0.1, 0.15) is 5.82 Å². The first-order valence-corrected chi connectivity index (χ1v) is 10.9. The van der Waals surface area contributed by atoms with Gasteiger partial charge in [0.1, 0.15) is 6.61 Å². The minimum absolute atomic E-state index is 0.0462. The second kappa shape index (κ2) is 10.1. The van der Waals surface area contributed by atoms with Crippen molar-refractivity contribution in [3.63, 3.8) is 0 Å². The fraction of sp³-hybridized carbons (Fsp3) is 0.125. The molecule has 1 N–H and O–H groups in total. The molecule has 1 aromatic heterocycles. The highest BCUT2D eigenvalue weighted by atomic mass is 32.2. The Bertz CT molecular complexity index is 1250. The van der Waals surface area contributed by atoms with Gasteiger partial charge in [-0.1, -0.05) is 66.4 Å². The number of amides is 1.